The Morgan fingerprint density at radius 2 is 2.05 bits per heavy atom. The number of aryl methyl sites for hydroxylation is 2. The van der Waals surface area contributed by atoms with Crippen molar-refractivity contribution in [3.05, 3.63) is 44.0 Å². The van der Waals surface area contributed by atoms with Crippen LogP contribution in [0.3, 0.4) is 0 Å². The van der Waals surface area contributed by atoms with Crippen LogP contribution in [-0.4, -0.2) is 14.9 Å². The summed E-state index contributed by atoms with van der Waals surface area (Å²) in [6.45, 7) is 3.40. The first kappa shape index (κ1) is 14.2. The van der Waals surface area contributed by atoms with Gasteiger partial charge in [-0.1, -0.05) is 6.07 Å². The van der Waals surface area contributed by atoms with E-state index in [1.165, 1.54) is 6.92 Å². The summed E-state index contributed by atoms with van der Waals surface area (Å²) < 4.78 is 6.17. The zero-order chi connectivity index (χ0) is 14.9. The molecule has 1 aromatic carbocycles. The number of aromatic nitrogens is 2. The van der Waals surface area contributed by atoms with Crippen molar-refractivity contribution in [2.45, 2.75) is 13.8 Å². The molecule has 0 saturated carbocycles. The Balaban J connectivity index is 2.50. The van der Waals surface area contributed by atoms with Crippen LogP contribution in [-0.2, 0) is 0 Å². The fourth-order valence-electron chi connectivity index (χ4n) is 1.64. The van der Waals surface area contributed by atoms with Gasteiger partial charge in [-0.2, -0.15) is 4.98 Å². The number of nitro groups is 1. The van der Waals surface area contributed by atoms with Gasteiger partial charge in [0.15, 0.2) is 0 Å². The zero-order valence-corrected chi connectivity index (χ0v) is 12.3. The monoisotopic (exact) mass is 338 g/mol. The van der Waals surface area contributed by atoms with E-state index in [4.69, 9.17) is 10.5 Å². The molecular formula is C12H11BrN4O3. The Bertz CT molecular complexity index is 691. The third-order valence-corrected chi connectivity index (χ3v) is 3.14. The van der Waals surface area contributed by atoms with E-state index in [1.54, 1.807) is 6.07 Å². The number of hydrogen-bond donors (Lipinski definition) is 1. The second-order valence-corrected chi connectivity index (χ2v) is 4.97. The van der Waals surface area contributed by atoms with Crippen LogP contribution in [0.4, 0.5) is 11.6 Å². The third kappa shape index (κ3) is 2.85. The Morgan fingerprint density at radius 1 is 1.35 bits per heavy atom. The molecule has 0 aliphatic carbocycles. The minimum atomic E-state index is -0.591. The average molecular weight is 339 g/mol. The molecule has 0 radical (unpaired) electrons. The van der Waals surface area contributed by atoms with E-state index < -0.39 is 4.92 Å². The summed E-state index contributed by atoms with van der Waals surface area (Å²) >= 11 is 3.33. The SMILES string of the molecule is Cc1ccc(Oc2nc(N)nc(C)c2[N+](=O)[O-])c(Br)c1. The van der Waals surface area contributed by atoms with Crippen molar-refractivity contribution >= 4 is 27.6 Å². The minimum Gasteiger partial charge on any atom is -0.432 e. The highest BCUT2D eigenvalue weighted by molar-refractivity contribution is 9.10. The molecule has 0 atom stereocenters. The highest BCUT2D eigenvalue weighted by Gasteiger charge is 2.24. The maximum Gasteiger partial charge on any atom is 0.352 e. The third-order valence-electron chi connectivity index (χ3n) is 2.52. The van der Waals surface area contributed by atoms with Crippen molar-refractivity contribution in [2.75, 3.05) is 5.73 Å². The largest absolute Gasteiger partial charge is 0.432 e. The lowest BCUT2D eigenvalue weighted by Crippen LogP contribution is -2.05. The quantitative estimate of drug-likeness (QED) is 0.680. The predicted molar refractivity (Wildman–Crippen MR) is 76.8 cm³/mol. The summed E-state index contributed by atoms with van der Waals surface area (Å²) in [5.41, 5.74) is 6.39. The highest BCUT2D eigenvalue weighted by atomic mass is 79.9. The zero-order valence-electron chi connectivity index (χ0n) is 10.8. The van der Waals surface area contributed by atoms with E-state index in [9.17, 15) is 10.1 Å². The summed E-state index contributed by atoms with van der Waals surface area (Å²) in [6.07, 6.45) is 0. The molecule has 0 amide bonds. The number of hydrogen-bond acceptors (Lipinski definition) is 6. The number of benzene rings is 1. The molecule has 20 heavy (non-hydrogen) atoms. The molecule has 1 heterocycles. The smallest absolute Gasteiger partial charge is 0.352 e. The first-order chi connectivity index (χ1) is 9.38. The van der Waals surface area contributed by atoms with Gasteiger partial charge in [0.05, 0.1) is 9.40 Å². The molecule has 0 spiro atoms. The van der Waals surface area contributed by atoms with E-state index >= 15 is 0 Å². The van der Waals surface area contributed by atoms with Crippen LogP contribution in [0.5, 0.6) is 11.6 Å². The maximum absolute atomic E-state index is 11.1. The van der Waals surface area contributed by atoms with Gasteiger partial charge in [-0.3, -0.25) is 10.1 Å². The van der Waals surface area contributed by atoms with Gasteiger partial charge in [-0.15, -0.1) is 0 Å². The Labute approximate surface area is 123 Å². The molecular weight excluding hydrogens is 328 g/mol. The number of ether oxygens (including phenoxy) is 1. The van der Waals surface area contributed by atoms with Crippen molar-refractivity contribution in [1.29, 1.82) is 0 Å². The molecule has 2 N–H and O–H groups in total. The van der Waals surface area contributed by atoms with Gasteiger partial charge in [0.1, 0.15) is 11.4 Å². The molecule has 0 aliphatic heterocycles. The number of nitrogens with zero attached hydrogens (tertiary/aromatic N) is 3. The Kier molecular flexibility index (Phi) is 3.84. The van der Waals surface area contributed by atoms with Gasteiger partial charge >= 0.3 is 11.6 Å². The maximum atomic E-state index is 11.1. The lowest BCUT2D eigenvalue weighted by molar-refractivity contribution is -0.386. The lowest BCUT2D eigenvalue weighted by atomic mass is 10.2. The molecule has 0 aliphatic rings. The van der Waals surface area contributed by atoms with Crippen LogP contribution < -0.4 is 10.5 Å². The second-order valence-electron chi connectivity index (χ2n) is 4.11. The average Bonchev–Trinajstić information content (AvgIpc) is 2.31. The fourth-order valence-corrected chi connectivity index (χ4v) is 2.21. The van der Waals surface area contributed by atoms with Crippen molar-refractivity contribution in [3.63, 3.8) is 0 Å². The van der Waals surface area contributed by atoms with Crippen molar-refractivity contribution < 1.29 is 9.66 Å². The van der Waals surface area contributed by atoms with Crippen LogP contribution in [0, 0.1) is 24.0 Å². The number of rotatable bonds is 3. The molecule has 0 unspecified atom stereocenters. The van der Waals surface area contributed by atoms with Gasteiger partial charge in [0, 0.05) is 0 Å². The van der Waals surface area contributed by atoms with E-state index in [-0.39, 0.29) is 23.2 Å². The fraction of sp³-hybridized carbons (Fsp3) is 0.167. The van der Waals surface area contributed by atoms with Gasteiger partial charge in [0.2, 0.25) is 5.95 Å². The molecule has 0 fully saturated rings. The normalized spacial score (nSPS) is 10.3. The molecule has 2 rings (SSSR count). The molecule has 8 heteroatoms. The van der Waals surface area contributed by atoms with Crippen LogP contribution in [0.1, 0.15) is 11.3 Å². The van der Waals surface area contributed by atoms with E-state index in [1.807, 2.05) is 19.1 Å². The summed E-state index contributed by atoms with van der Waals surface area (Å²) in [6, 6.07) is 5.35. The highest BCUT2D eigenvalue weighted by Crippen LogP contribution is 2.35. The summed E-state index contributed by atoms with van der Waals surface area (Å²) in [7, 11) is 0. The molecule has 1 aromatic heterocycles. The van der Waals surface area contributed by atoms with Crippen LogP contribution in [0.15, 0.2) is 22.7 Å². The minimum absolute atomic E-state index is 0.0775. The van der Waals surface area contributed by atoms with Crippen molar-refractivity contribution in [2.24, 2.45) is 0 Å². The molecule has 0 bridgehead atoms. The van der Waals surface area contributed by atoms with Gasteiger partial charge in [-0.05, 0) is 47.5 Å². The summed E-state index contributed by atoms with van der Waals surface area (Å²) in [4.78, 5) is 18.0. The van der Waals surface area contributed by atoms with Crippen LogP contribution >= 0.6 is 15.9 Å². The predicted octanol–water partition coefficient (Wildman–Crippen LogP) is 3.14. The standard InChI is InChI=1S/C12H11BrN4O3/c1-6-3-4-9(8(13)5-6)20-11-10(17(18)19)7(2)15-12(14)16-11/h3-5H,1-2H3,(H2,14,15,16). The van der Waals surface area contributed by atoms with Crippen molar-refractivity contribution in [1.82, 2.24) is 9.97 Å². The van der Waals surface area contributed by atoms with E-state index in [0.29, 0.717) is 10.2 Å². The molecule has 104 valence electrons. The van der Waals surface area contributed by atoms with Gasteiger partial charge in [0.25, 0.3) is 0 Å². The molecule has 0 saturated heterocycles. The summed E-state index contributed by atoms with van der Waals surface area (Å²) in [5, 5.41) is 11.1. The Morgan fingerprint density at radius 3 is 2.65 bits per heavy atom. The molecule has 2 aromatic rings. The first-order valence-electron chi connectivity index (χ1n) is 5.61. The van der Waals surface area contributed by atoms with Gasteiger partial charge < -0.3 is 10.5 Å². The number of anilines is 1. The van der Waals surface area contributed by atoms with Crippen molar-refractivity contribution in [3.8, 4) is 11.6 Å². The first-order valence-corrected chi connectivity index (χ1v) is 6.40. The van der Waals surface area contributed by atoms with E-state index in [2.05, 4.69) is 25.9 Å². The number of nitrogens with two attached hydrogens (primary N) is 1. The summed E-state index contributed by atoms with van der Waals surface area (Å²) in [5.74, 6) is 0.159. The topological polar surface area (TPSA) is 104 Å². The number of nitrogen functional groups attached to an aromatic ring is 1. The van der Waals surface area contributed by atoms with Crippen LogP contribution in [0.25, 0.3) is 0 Å². The lowest BCUT2D eigenvalue weighted by Gasteiger charge is -2.09. The second kappa shape index (κ2) is 5.41. The van der Waals surface area contributed by atoms with E-state index in [0.717, 1.165) is 5.56 Å². The molecule has 7 nitrogen and oxygen atoms in total. The van der Waals surface area contributed by atoms with Gasteiger partial charge in [-0.25, -0.2) is 4.98 Å². The Hall–Kier alpha value is -2.22. The van der Waals surface area contributed by atoms with Crippen LogP contribution in [0.2, 0.25) is 0 Å². The number of halogens is 1.